The van der Waals surface area contributed by atoms with Gasteiger partial charge in [0.05, 0.1) is 5.56 Å². The van der Waals surface area contributed by atoms with Gasteiger partial charge in [0.15, 0.2) is 5.78 Å². The number of anilines is 1. The Morgan fingerprint density at radius 3 is 2.80 bits per heavy atom. The van der Waals surface area contributed by atoms with E-state index in [9.17, 15) is 4.79 Å². The number of carbonyl (C=O) groups is 1. The lowest BCUT2D eigenvalue weighted by atomic mass is 10.0. The largest absolute Gasteiger partial charge is 0.383 e. The molecule has 82 valence electrons. The molecule has 1 heterocycles. The van der Waals surface area contributed by atoms with Crippen molar-refractivity contribution in [2.75, 3.05) is 12.3 Å². The smallest absolute Gasteiger partial charge is 0.166 e. The van der Waals surface area contributed by atoms with Gasteiger partial charge in [0, 0.05) is 12.6 Å². The van der Waals surface area contributed by atoms with E-state index in [4.69, 9.17) is 11.5 Å². The van der Waals surface area contributed by atoms with E-state index in [-0.39, 0.29) is 5.78 Å². The summed E-state index contributed by atoms with van der Waals surface area (Å²) in [5.41, 5.74) is 12.5. The molecule has 4 nitrogen and oxygen atoms in total. The van der Waals surface area contributed by atoms with E-state index in [1.165, 1.54) is 0 Å². The quantitative estimate of drug-likeness (QED) is 0.563. The zero-order valence-electron chi connectivity index (χ0n) is 8.99. The maximum atomic E-state index is 11.8. The van der Waals surface area contributed by atoms with Crippen LogP contribution in [0.5, 0.6) is 0 Å². The molecule has 0 saturated heterocycles. The van der Waals surface area contributed by atoms with Crippen molar-refractivity contribution >= 4 is 11.6 Å². The number of carbonyl (C=O) groups excluding carboxylic acids is 1. The molecule has 4 heteroatoms. The zero-order chi connectivity index (χ0) is 11.3. The summed E-state index contributed by atoms with van der Waals surface area (Å²) < 4.78 is 0. The van der Waals surface area contributed by atoms with Crippen LogP contribution in [-0.4, -0.2) is 17.3 Å². The lowest BCUT2D eigenvalue weighted by Gasteiger charge is -2.06. The third-order valence-corrected chi connectivity index (χ3v) is 2.33. The molecule has 1 aromatic heterocycles. The predicted molar refractivity (Wildman–Crippen MR) is 60.6 cm³/mol. The van der Waals surface area contributed by atoms with Crippen LogP contribution < -0.4 is 11.5 Å². The van der Waals surface area contributed by atoms with Crippen LogP contribution in [0.15, 0.2) is 12.3 Å². The van der Waals surface area contributed by atoms with Gasteiger partial charge in [0.2, 0.25) is 0 Å². The molecular formula is C11H17N3O. The Bertz CT molecular complexity index is 329. The number of ketones is 1. The first-order valence-electron chi connectivity index (χ1n) is 5.11. The number of nitrogen functional groups attached to an aromatic ring is 1. The van der Waals surface area contributed by atoms with E-state index in [1.807, 2.05) is 6.92 Å². The molecule has 0 bridgehead atoms. The van der Waals surface area contributed by atoms with E-state index in [1.54, 1.807) is 12.3 Å². The summed E-state index contributed by atoms with van der Waals surface area (Å²) in [6.07, 6.45) is 3.78. The molecule has 0 aromatic carbocycles. The molecular weight excluding hydrogens is 190 g/mol. The van der Waals surface area contributed by atoms with E-state index in [2.05, 4.69) is 4.98 Å². The summed E-state index contributed by atoms with van der Waals surface area (Å²) >= 11 is 0. The SMILES string of the molecule is Cc1ccnc(N)c1C(=O)CCCCN. The number of unbranched alkanes of at least 4 members (excludes halogenated alkanes) is 1. The molecule has 0 radical (unpaired) electrons. The van der Waals surface area contributed by atoms with Gasteiger partial charge in [0.1, 0.15) is 5.82 Å². The lowest BCUT2D eigenvalue weighted by molar-refractivity contribution is 0.0979. The summed E-state index contributed by atoms with van der Waals surface area (Å²) in [4.78, 5) is 15.7. The molecule has 1 rings (SSSR count). The predicted octanol–water partition coefficient (Wildman–Crippen LogP) is 1.28. The molecule has 0 aliphatic rings. The highest BCUT2D eigenvalue weighted by molar-refractivity contribution is 6.01. The van der Waals surface area contributed by atoms with Crippen molar-refractivity contribution in [2.24, 2.45) is 5.73 Å². The normalized spacial score (nSPS) is 10.3. The second-order valence-corrected chi connectivity index (χ2v) is 3.56. The molecule has 15 heavy (non-hydrogen) atoms. The summed E-state index contributed by atoms with van der Waals surface area (Å²) in [6, 6.07) is 1.80. The van der Waals surface area contributed by atoms with Crippen LogP contribution in [0.1, 0.15) is 35.2 Å². The first-order valence-corrected chi connectivity index (χ1v) is 5.11. The molecule has 0 fully saturated rings. The van der Waals surface area contributed by atoms with Gasteiger partial charge in [-0.05, 0) is 37.9 Å². The summed E-state index contributed by atoms with van der Waals surface area (Å²) in [6.45, 7) is 2.49. The summed E-state index contributed by atoms with van der Waals surface area (Å²) in [5, 5.41) is 0. The fourth-order valence-electron chi connectivity index (χ4n) is 1.50. The van der Waals surface area contributed by atoms with Gasteiger partial charge in [0.25, 0.3) is 0 Å². The fraction of sp³-hybridized carbons (Fsp3) is 0.455. The van der Waals surface area contributed by atoms with Crippen LogP contribution in [0.25, 0.3) is 0 Å². The van der Waals surface area contributed by atoms with Gasteiger partial charge in [-0.25, -0.2) is 4.98 Å². The van der Waals surface area contributed by atoms with Gasteiger partial charge >= 0.3 is 0 Å². The minimum Gasteiger partial charge on any atom is -0.383 e. The van der Waals surface area contributed by atoms with Gasteiger partial charge in [-0.1, -0.05) is 0 Å². The standard InChI is InChI=1S/C11H17N3O/c1-8-5-7-14-11(13)10(8)9(15)4-2-3-6-12/h5,7H,2-4,6,12H2,1H3,(H2,13,14). The molecule has 0 saturated carbocycles. The van der Waals surface area contributed by atoms with E-state index >= 15 is 0 Å². The Labute approximate surface area is 89.7 Å². The fourth-order valence-corrected chi connectivity index (χ4v) is 1.50. The first-order chi connectivity index (χ1) is 7.16. The first kappa shape index (κ1) is 11.7. The molecule has 0 amide bonds. The maximum absolute atomic E-state index is 11.8. The number of hydrogen-bond acceptors (Lipinski definition) is 4. The Hall–Kier alpha value is -1.42. The van der Waals surface area contributed by atoms with Gasteiger partial charge < -0.3 is 11.5 Å². The Kier molecular flexibility index (Phi) is 4.24. The molecule has 1 aromatic rings. The topological polar surface area (TPSA) is 82.0 Å². The number of aromatic nitrogens is 1. The van der Waals surface area contributed by atoms with Crippen molar-refractivity contribution in [3.8, 4) is 0 Å². The van der Waals surface area contributed by atoms with E-state index in [0.29, 0.717) is 24.3 Å². The number of Topliss-reactive ketones (excluding diaryl/α,β-unsaturated/α-hetero) is 1. The minimum atomic E-state index is 0.0616. The van der Waals surface area contributed by atoms with Gasteiger partial charge in [-0.3, -0.25) is 4.79 Å². The van der Waals surface area contributed by atoms with Crippen LogP contribution in [0.3, 0.4) is 0 Å². The molecule has 0 spiro atoms. The molecule has 0 aliphatic carbocycles. The Morgan fingerprint density at radius 1 is 1.47 bits per heavy atom. The van der Waals surface area contributed by atoms with Gasteiger partial charge in [-0.2, -0.15) is 0 Å². The Balaban J connectivity index is 2.73. The number of nitrogens with two attached hydrogens (primary N) is 2. The summed E-state index contributed by atoms with van der Waals surface area (Å²) in [5.74, 6) is 0.388. The van der Waals surface area contributed by atoms with Crippen molar-refractivity contribution in [1.29, 1.82) is 0 Å². The van der Waals surface area contributed by atoms with Crippen LogP contribution in [0.2, 0.25) is 0 Å². The number of aryl methyl sites for hydroxylation is 1. The van der Waals surface area contributed by atoms with Gasteiger partial charge in [-0.15, -0.1) is 0 Å². The second-order valence-electron chi connectivity index (χ2n) is 3.56. The monoisotopic (exact) mass is 207 g/mol. The van der Waals surface area contributed by atoms with Crippen molar-refractivity contribution in [3.63, 3.8) is 0 Å². The highest BCUT2D eigenvalue weighted by Gasteiger charge is 2.12. The third-order valence-electron chi connectivity index (χ3n) is 2.33. The summed E-state index contributed by atoms with van der Waals surface area (Å²) in [7, 11) is 0. The second kappa shape index (κ2) is 5.46. The highest BCUT2D eigenvalue weighted by Crippen LogP contribution is 2.16. The van der Waals surface area contributed by atoms with Crippen LogP contribution >= 0.6 is 0 Å². The lowest BCUT2D eigenvalue weighted by Crippen LogP contribution is -2.08. The minimum absolute atomic E-state index is 0.0616. The highest BCUT2D eigenvalue weighted by atomic mass is 16.1. The van der Waals surface area contributed by atoms with Crippen LogP contribution in [-0.2, 0) is 0 Å². The van der Waals surface area contributed by atoms with E-state index in [0.717, 1.165) is 18.4 Å². The van der Waals surface area contributed by atoms with Crippen molar-refractivity contribution in [2.45, 2.75) is 26.2 Å². The molecule has 4 N–H and O–H groups in total. The Morgan fingerprint density at radius 2 is 2.20 bits per heavy atom. The molecule has 0 unspecified atom stereocenters. The molecule has 0 aliphatic heterocycles. The number of hydrogen-bond donors (Lipinski definition) is 2. The van der Waals surface area contributed by atoms with Crippen LogP contribution in [0.4, 0.5) is 5.82 Å². The van der Waals surface area contributed by atoms with Crippen molar-refractivity contribution < 1.29 is 4.79 Å². The zero-order valence-corrected chi connectivity index (χ0v) is 8.99. The number of pyridine rings is 1. The molecule has 0 atom stereocenters. The average Bonchev–Trinajstić information content (AvgIpc) is 2.18. The number of nitrogens with zero attached hydrogens (tertiary/aromatic N) is 1. The van der Waals surface area contributed by atoms with E-state index < -0.39 is 0 Å². The van der Waals surface area contributed by atoms with Crippen molar-refractivity contribution in [1.82, 2.24) is 4.98 Å². The number of rotatable bonds is 5. The maximum Gasteiger partial charge on any atom is 0.166 e. The van der Waals surface area contributed by atoms with Crippen LogP contribution in [0, 0.1) is 6.92 Å². The average molecular weight is 207 g/mol. The van der Waals surface area contributed by atoms with Crippen molar-refractivity contribution in [3.05, 3.63) is 23.4 Å². The third kappa shape index (κ3) is 3.02.